The maximum atomic E-state index is 4.66. The van der Waals surface area contributed by atoms with Crippen LogP contribution in [0.25, 0.3) is 27.7 Å². The highest BCUT2D eigenvalue weighted by molar-refractivity contribution is 6.00. The second-order valence-corrected chi connectivity index (χ2v) is 9.50. The normalized spacial score (nSPS) is 15.9. The number of aromatic nitrogens is 3. The predicted molar refractivity (Wildman–Crippen MR) is 126 cm³/mol. The maximum Gasteiger partial charge on any atom is 0.213 e. The minimum absolute atomic E-state index is 0.850. The zero-order valence-electron chi connectivity index (χ0n) is 18.6. The van der Waals surface area contributed by atoms with Crippen LogP contribution < -0.4 is 4.57 Å². The lowest BCUT2D eigenvalue weighted by Crippen LogP contribution is -2.31. The Morgan fingerprint density at radius 2 is 1.87 bits per heavy atom. The van der Waals surface area contributed by atoms with E-state index in [9.17, 15) is 0 Å². The van der Waals surface area contributed by atoms with Gasteiger partial charge in [-0.25, -0.2) is 9.55 Å². The summed E-state index contributed by atoms with van der Waals surface area (Å²) < 4.78 is 4.61. The van der Waals surface area contributed by atoms with E-state index in [1.54, 1.807) is 0 Å². The molecule has 4 aromatic rings. The first-order valence-corrected chi connectivity index (χ1v) is 11.8. The predicted octanol–water partition coefficient (Wildman–Crippen LogP) is 5.85. The molecule has 0 N–H and O–H groups in total. The van der Waals surface area contributed by atoms with Crippen molar-refractivity contribution >= 4 is 10.8 Å². The number of imidazole rings is 1. The number of nitrogens with zero attached hydrogens (tertiary/aromatic N) is 3. The lowest BCUT2D eigenvalue weighted by molar-refractivity contribution is -0.660. The van der Waals surface area contributed by atoms with Gasteiger partial charge in [0.05, 0.1) is 11.3 Å². The number of hydrogen-bond donors (Lipinski definition) is 0. The molecule has 3 nitrogen and oxygen atoms in total. The van der Waals surface area contributed by atoms with E-state index < -0.39 is 0 Å². The molecule has 0 spiro atoms. The Morgan fingerprint density at radius 3 is 2.71 bits per heavy atom. The molecule has 2 aromatic carbocycles. The van der Waals surface area contributed by atoms with Crippen LogP contribution in [0, 0.1) is 12.8 Å². The average molecular weight is 409 g/mol. The van der Waals surface area contributed by atoms with Crippen LogP contribution in [0.2, 0.25) is 0 Å². The summed E-state index contributed by atoms with van der Waals surface area (Å²) in [7, 11) is 2.19. The first-order valence-electron chi connectivity index (χ1n) is 11.8. The molecule has 1 saturated carbocycles. The third-order valence-electron chi connectivity index (χ3n) is 7.56. The molecule has 2 aromatic heterocycles. The molecule has 0 amide bonds. The molecule has 1 aliphatic heterocycles. The summed E-state index contributed by atoms with van der Waals surface area (Å²) in [6.07, 6.45) is 15.4. The molecule has 0 saturated heterocycles. The first kappa shape index (κ1) is 18.8. The first-order chi connectivity index (χ1) is 15.2. The van der Waals surface area contributed by atoms with Crippen molar-refractivity contribution in [1.82, 2.24) is 9.55 Å². The van der Waals surface area contributed by atoms with Crippen LogP contribution in [-0.4, -0.2) is 9.55 Å². The minimum Gasteiger partial charge on any atom is -0.303 e. The molecule has 0 unspecified atom stereocenters. The van der Waals surface area contributed by atoms with Crippen molar-refractivity contribution in [2.24, 2.45) is 13.0 Å². The Hall–Kier alpha value is -2.94. The van der Waals surface area contributed by atoms with Crippen molar-refractivity contribution < 1.29 is 4.57 Å². The Labute approximate surface area is 184 Å². The van der Waals surface area contributed by atoms with Crippen molar-refractivity contribution in [3.63, 3.8) is 0 Å². The molecule has 1 fully saturated rings. The van der Waals surface area contributed by atoms with E-state index in [0.717, 1.165) is 18.2 Å². The molecule has 0 atom stereocenters. The quantitative estimate of drug-likeness (QED) is 0.343. The monoisotopic (exact) mass is 408 g/mol. The van der Waals surface area contributed by atoms with Gasteiger partial charge in [-0.05, 0) is 41.3 Å². The fourth-order valence-electron chi connectivity index (χ4n) is 5.99. The van der Waals surface area contributed by atoms with Crippen LogP contribution in [0.4, 0.5) is 0 Å². The van der Waals surface area contributed by atoms with Crippen molar-refractivity contribution in [2.45, 2.75) is 51.9 Å². The molecular weight excluding hydrogens is 378 g/mol. The van der Waals surface area contributed by atoms with Crippen molar-refractivity contribution in [1.29, 1.82) is 0 Å². The fraction of sp³-hybridized carbons (Fsp3) is 0.357. The standard InChI is InChI=1S/C28H30N3/c1-19-22-10-6-7-11-23(22)28-24(18-26-29-13-15-31(26)28)27(19)25-17-21(12-14-30(25)2)16-20-8-4-3-5-9-20/h6-7,10-15,17,20H,3-5,8-9,16,18H2,1-2H3/q+1. The van der Waals surface area contributed by atoms with Crippen molar-refractivity contribution in [3.05, 3.63) is 77.5 Å². The SMILES string of the molecule is Cc1c(-c2cc(CC3CCCCC3)cc[n+]2C)c2c(c3ccccc13)-n1ccnc1C2. The lowest BCUT2D eigenvalue weighted by Gasteiger charge is -2.21. The second-order valence-electron chi connectivity index (χ2n) is 9.50. The van der Waals surface area contributed by atoms with Crippen LogP contribution in [-0.2, 0) is 19.9 Å². The summed E-state index contributed by atoms with van der Waals surface area (Å²) in [6.45, 7) is 2.30. The van der Waals surface area contributed by atoms with E-state index in [2.05, 4.69) is 76.9 Å². The molecule has 3 heterocycles. The zero-order chi connectivity index (χ0) is 20.9. The maximum absolute atomic E-state index is 4.66. The number of fused-ring (bicyclic) bond motifs is 5. The van der Waals surface area contributed by atoms with E-state index in [4.69, 9.17) is 0 Å². The van der Waals surface area contributed by atoms with Crippen LogP contribution in [0.15, 0.2) is 55.0 Å². The number of pyridine rings is 1. The summed E-state index contributed by atoms with van der Waals surface area (Å²) in [5.41, 5.74) is 8.33. The minimum atomic E-state index is 0.850. The molecule has 0 bridgehead atoms. The fourth-order valence-corrected chi connectivity index (χ4v) is 5.99. The van der Waals surface area contributed by atoms with E-state index in [0.29, 0.717) is 0 Å². The van der Waals surface area contributed by atoms with Gasteiger partial charge in [0.1, 0.15) is 12.9 Å². The van der Waals surface area contributed by atoms with Gasteiger partial charge in [0.25, 0.3) is 0 Å². The highest BCUT2D eigenvalue weighted by atomic mass is 15.1. The van der Waals surface area contributed by atoms with Gasteiger partial charge in [-0.15, -0.1) is 0 Å². The van der Waals surface area contributed by atoms with Crippen LogP contribution in [0.5, 0.6) is 0 Å². The van der Waals surface area contributed by atoms with Gasteiger partial charge in [-0.1, -0.05) is 56.4 Å². The van der Waals surface area contributed by atoms with Gasteiger partial charge in [0.2, 0.25) is 5.69 Å². The number of benzene rings is 2. The smallest absolute Gasteiger partial charge is 0.213 e. The highest BCUT2D eigenvalue weighted by Crippen LogP contribution is 2.42. The van der Waals surface area contributed by atoms with E-state index in [1.807, 2.05) is 6.20 Å². The van der Waals surface area contributed by atoms with Gasteiger partial charge in [-0.2, -0.15) is 0 Å². The summed E-state index contributed by atoms with van der Waals surface area (Å²) >= 11 is 0. The molecule has 156 valence electrons. The largest absolute Gasteiger partial charge is 0.303 e. The number of aryl methyl sites for hydroxylation is 2. The lowest BCUT2D eigenvalue weighted by atomic mass is 9.84. The zero-order valence-corrected chi connectivity index (χ0v) is 18.6. The average Bonchev–Trinajstić information content (AvgIpc) is 3.38. The van der Waals surface area contributed by atoms with Crippen LogP contribution >= 0.6 is 0 Å². The van der Waals surface area contributed by atoms with Crippen molar-refractivity contribution in [3.8, 4) is 16.9 Å². The van der Waals surface area contributed by atoms with E-state index >= 15 is 0 Å². The second kappa shape index (κ2) is 7.33. The summed E-state index contributed by atoms with van der Waals surface area (Å²) in [4.78, 5) is 4.66. The van der Waals surface area contributed by atoms with Gasteiger partial charge in [0, 0.05) is 36.3 Å². The third kappa shape index (κ3) is 3.02. The van der Waals surface area contributed by atoms with E-state index in [-0.39, 0.29) is 0 Å². The molecular formula is C28H30N3+. The third-order valence-corrected chi connectivity index (χ3v) is 7.56. The highest BCUT2D eigenvalue weighted by Gasteiger charge is 2.30. The molecule has 31 heavy (non-hydrogen) atoms. The topological polar surface area (TPSA) is 21.7 Å². The van der Waals surface area contributed by atoms with Crippen LogP contribution in [0.3, 0.4) is 0 Å². The van der Waals surface area contributed by atoms with Crippen LogP contribution in [0.1, 0.15) is 54.6 Å². The molecule has 0 radical (unpaired) electrons. The Bertz CT molecular complexity index is 1290. The Morgan fingerprint density at radius 1 is 1.06 bits per heavy atom. The molecule has 3 heteroatoms. The number of hydrogen-bond acceptors (Lipinski definition) is 1. The van der Waals surface area contributed by atoms with Gasteiger partial charge in [-0.3, -0.25) is 0 Å². The van der Waals surface area contributed by atoms with Gasteiger partial charge >= 0.3 is 0 Å². The van der Waals surface area contributed by atoms with Gasteiger partial charge < -0.3 is 4.57 Å². The number of rotatable bonds is 3. The van der Waals surface area contributed by atoms with Crippen molar-refractivity contribution in [2.75, 3.05) is 0 Å². The summed E-state index contributed by atoms with van der Waals surface area (Å²) in [5.74, 6) is 2.00. The summed E-state index contributed by atoms with van der Waals surface area (Å²) in [6, 6.07) is 13.7. The van der Waals surface area contributed by atoms with E-state index in [1.165, 1.54) is 82.9 Å². The molecule has 1 aliphatic carbocycles. The van der Waals surface area contributed by atoms with Gasteiger partial charge in [0.15, 0.2) is 6.20 Å². The molecule has 2 aliphatic rings. The molecule has 6 rings (SSSR count). The Balaban J connectivity index is 1.55. The summed E-state index contributed by atoms with van der Waals surface area (Å²) in [5, 5.41) is 2.67. The Kier molecular flexibility index (Phi) is 4.45.